The standard InChI is InChI=1S/C18H12N6O/c19-9-11-4-3-5-12(8-11)25-15-10-21-17(20)16(24-15)18-22-13-6-1-2-7-14(13)23-18/h1-8,10H,(H2,20,21)(H,22,23). The fourth-order valence-corrected chi connectivity index (χ4v) is 2.42. The maximum absolute atomic E-state index is 8.96. The number of fused-ring (bicyclic) bond motifs is 1. The molecule has 0 saturated carbocycles. The third-order valence-corrected chi connectivity index (χ3v) is 3.58. The van der Waals surface area contributed by atoms with E-state index in [1.165, 1.54) is 6.20 Å². The summed E-state index contributed by atoms with van der Waals surface area (Å²) in [7, 11) is 0. The minimum atomic E-state index is 0.247. The van der Waals surface area contributed by atoms with Gasteiger partial charge in [-0.3, -0.25) is 0 Å². The van der Waals surface area contributed by atoms with Gasteiger partial charge >= 0.3 is 0 Å². The summed E-state index contributed by atoms with van der Waals surface area (Å²) in [5, 5.41) is 8.96. The van der Waals surface area contributed by atoms with Crippen molar-refractivity contribution in [1.82, 2.24) is 19.9 Å². The van der Waals surface area contributed by atoms with Crippen molar-refractivity contribution in [3.8, 4) is 29.2 Å². The number of para-hydroxylation sites is 2. The number of imidazole rings is 1. The molecule has 0 aliphatic heterocycles. The molecule has 4 rings (SSSR count). The van der Waals surface area contributed by atoms with Crippen molar-refractivity contribution in [2.75, 3.05) is 5.73 Å². The molecule has 4 aromatic rings. The van der Waals surface area contributed by atoms with Crippen molar-refractivity contribution in [3.63, 3.8) is 0 Å². The average Bonchev–Trinajstić information content (AvgIpc) is 3.07. The molecule has 0 aliphatic rings. The molecule has 0 amide bonds. The highest BCUT2D eigenvalue weighted by Gasteiger charge is 2.13. The quantitative estimate of drug-likeness (QED) is 0.596. The van der Waals surface area contributed by atoms with Crippen molar-refractivity contribution >= 4 is 16.9 Å². The van der Waals surface area contributed by atoms with Crippen LogP contribution in [0.5, 0.6) is 11.6 Å². The van der Waals surface area contributed by atoms with Crippen LogP contribution in [0.2, 0.25) is 0 Å². The van der Waals surface area contributed by atoms with Crippen LogP contribution in [-0.2, 0) is 0 Å². The molecule has 120 valence electrons. The van der Waals surface area contributed by atoms with E-state index in [2.05, 4.69) is 26.0 Å². The number of aromatic nitrogens is 4. The number of hydrogen-bond acceptors (Lipinski definition) is 6. The van der Waals surface area contributed by atoms with Crippen LogP contribution >= 0.6 is 0 Å². The number of benzene rings is 2. The summed E-state index contributed by atoms with van der Waals surface area (Å²) in [6, 6.07) is 16.5. The number of aromatic amines is 1. The third-order valence-electron chi connectivity index (χ3n) is 3.58. The second kappa shape index (κ2) is 5.94. The topological polar surface area (TPSA) is 113 Å². The highest BCUT2D eigenvalue weighted by Crippen LogP contribution is 2.26. The Hall–Kier alpha value is -3.92. The summed E-state index contributed by atoms with van der Waals surface area (Å²) in [6.45, 7) is 0. The second-order valence-corrected chi connectivity index (χ2v) is 5.29. The van der Waals surface area contributed by atoms with Crippen molar-refractivity contribution in [2.45, 2.75) is 0 Å². The SMILES string of the molecule is N#Cc1cccc(Oc2cnc(N)c(-c3nc4ccccc4[nH]3)n2)c1. The molecule has 0 bridgehead atoms. The Morgan fingerprint density at radius 2 is 1.96 bits per heavy atom. The average molecular weight is 328 g/mol. The van der Waals surface area contributed by atoms with Crippen molar-refractivity contribution in [1.29, 1.82) is 5.26 Å². The number of nitrogens with one attached hydrogen (secondary N) is 1. The summed E-state index contributed by atoms with van der Waals surface area (Å²) in [5.41, 5.74) is 8.55. The first-order chi connectivity index (χ1) is 12.2. The molecule has 0 unspecified atom stereocenters. The molecular weight excluding hydrogens is 316 g/mol. The Bertz CT molecular complexity index is 1080. The predicted molar refractivity (Wildman–Crippen MR) is 92.8 cm³/mol. The molecule has 7 nitrogen and oxygen atoms in total. The highest BCUT2D eigenvalue weighted by molar-refractivity contribution is 5.80. The number of hydrogen-bond donors (Lipinski definition) is 2. The largest absolute Gasteiger partial charge is 0.437 e. The van der Waals surface area contributed by atoms with E-state index in [4.69, 9.17) is 15.7 Å². The molecule has 0 aliphatic carbocycles. The van der Waals surface area contributed by atoms with Crippen LogP contribution in [0.25, 0.3) is 22.6 Å². The minimum Gasteiger partial charge on any atom is -0.437 e. The molecule has 0 radical (unpaired) electrons. The van der Waals surface area contributed by atoms with E-state index < -0.39 is 0 Å². The fraction of sp³-hybridized carbons (Fsp3) is 0. The fourth-order valence-electron chi connectivity index (χ4n) is 2.42. The van der Waals surface area contributed by atoms with Gasteiger partial charge in [-0.1, -0.05) is 18.2 Å². The molecule has 2 aromatic carbocycles. The Morgan fingerprint density at radius 3 is 2.80 bits per heavy atom. The number of nitrogens with two attached hydrogens (primary N) is 1. The van der Waals surface area contributed by atoms with Crippen molar-refractivity contribution in [2.24, 2.45) is 0 Å². The molecule has 0 saturated heterocycles. The smallest absolute Gasteiger partial charge is 0.238 e. The lowest BCUT2D eigenvalue weighted by Gasteiger charge is -2.07. The van der Waals surface area contributed by atoms with Gasteiger partial charge in [0.05, 0.1) is 28.9 Å². The van der Waals surface area contributed by atoms with Crippen LogP contribution in [0.3, 0.4) is 0 Å². The number of H-pyrrole nitrogens is 1. The van der Waals surface area contributed by atoms with Gasteiger partial charge in [0.1, 0.15) is 5.75 Å². The second-order valence-electron chi connectivity index (χ2n) is 5.29. The molecule has 25 heavy (non-hydrogen) atoms. The molecule has 0 fully saturated rings. The Labute approximate surface area is 142 Å². The van der Waals surface area contributed by atoms with Crippen molar-refractivity contribution in [3.05, 3.63) is 60.3 Å². The molecule has 0 spiro atoms. The summed E-state index contributed by atoms with van der Waals surface area (Å²) >= 11 is 0. The monoisotopic (exact) mass is 328 g/mol. The maximum atomic E-state index is 8.96. The zero-order chi connectivity index (χ0) is 17.2. The van der Waals surface area contributed by atoms with Crippen LogP contribution in [-0.4, -0.2) is 19.9 Å². The van der Waals surface area contributed by atoms with E-state index in [0.29, 0.717) is 22.8 Å². The molecule has 0 atom stereocenters. The van der Waals surface area contributed by atoms with E-state index in [1.807, 2.05) is 24.3 Å². The van der Waals surface area contributed by atoms with Gasteiger partial charge in [0, 0.05) is 0 Å². The van der Waals surface area contributed by atoms with Gasteiger partial charge in [-0.25, -0.2) is 15.0 Å². The number of nitriles is 1. The summed E-state index contributed by atoms with van der Waals surface area (Å²) in [6.07, 6.45) is 1.43. The lowest BCUT2D eigenvalue weighted by molar-refractivity contribution is 0.461. The maximum Gasteiger partial charge on any atom is 0.238 e. The molecule has 2 aromatic heterocycles. The normalized spacial score (nSPS) is 10.5. The number of nitrogens with zero attached hydrogens (tertiary/aromatic N) is 4. The first kappa shape index (κ1) is 14.7. The van der Waals surface area contributed by atoms with Gasteiger partial charge in [0.25, 0.3) is 0 Å². The van der Waals surface area contributed by atoms with E-state index >= 15 is 0 Å². The number of anilines is 1. The molecular formula is C18H12N6O. The minimum absolute atomic E-state index is 0.247. The van der Waals surface area contributed by atoms with Crippen molar-refractivity contribution < 1.29 is 4.74 Å². The Balaban J connectivity index is 1.72. The van der Waals surface area contributed by atoms with Crippen LogP contribution in [0.15, 0.2) is 54.7 Å². The van der Waals surface area contributed by atoms with Crippen LogP contribution in [0.1, 0.15) is 5.56 Å². The van der Waals surface area contributed by atoms with Gasteiger partial charge in [0.2, 0.25) is 5.88 Å². The Morgan fingerprint density at radius 1 is 1.08 bits per heavy atom. The van der Waals surface area contributed by atoms with Crippen LogP contribution < -0.4 is 10.5 Å². The zero-order valence-electron chi connectivity index (χ0n) is 13.0. The van der Waals surface area contributed by atoms with Gasteiger partial charge < -0.3 is 15.5 Å². The van der Waals surface area contributed by atoms with E-state index in [-0.39, 0.29) is 11.7 Å². The van der Waals surface area contributed by atoms with Gasteiger partial charge in [-0.05, 0) is 30.3 Å². The molecule has 2 heterocycles. The summed E-state index contributed by atoms with van der Waals surface area (Å²) in [5.74, 6) is 1.52. The summed E-state index contributed by atoms with van der Waals surface area (Å²) in [4.78, 5) is 16.2. The predicted octanol–water partition coefficient (Wildman–Crippen LogP) is 3.27. The van der Waals surface area contributed by atoms with E-state index in [1.54, 1.807) is 24.3 Å². The molecule has 3 N–H and O–H groups in total. The van der Waals surface area contributed by atoms with E-state index in [9.17, 15) is 0 Å². The Kier molecular flexibility index (Phi) is 3.48. The lowest BCUT2D eigenvalue weighted by atomic mass is 10.2. The number of nitrogen functional groups attached to an aromatic ring is 1. The highest BCUT2D eigenvalue weighted by atomic mass is 16.5. The lowest BCUT2D eigenvalue weighted by Crippen LogP contribution is -2.00. The van der Waals surface area contributed by atoms with Gasteiger partial charge in [-0.15, -0.1) is 0 Å². The third kappa shape index (κ3) is 2.84. The number of ether oxygens (including phenoxy) is 1. The zero-order valence-corrected chi connectivity index (χ0v) is 13.0. The van der Waals surface area contributed by atoms with Gasteiger partial charge in [0.15, 0.2) is 17.3 Å². The van der Waals surface area contributed by atoms with Gasteiger partial charge in [-0.2, -0.15) is 5.26 Å². The van der Waals surface area contributed by atoms with Crippen LogP contribution in [0.4, 0.5) is 5.82 Å². The first-order valence-corrected chi connectivity index (χ1v) is 7.48. The number of rotatable bonds is 3. The summed E-state index contributed by atoms with van der Waals surface area (Å²) < 4.78 is 5.69. The molecule has 7 heteroatoms. The first-order valence-electron chi connectivity index (χ1n) is 7.48. The van der Waals surface area contributed by atoms with E-state index in [0.717, 1.165) is 11.0 Å². The van der Waals surface area contributed by atoms with Crippen LogP contribution in [0, 0.1) is 11.3 Å².